The van der Waals surface area contributed by atoms with Crippen LogP contribution in [0, 0.1) is 0 Å². The number of benzene rings is 1. The van der Waals surface area contributed by atoms with Gasteiger partial charge in [-0.3, -0.25) is 4.90 Å². The van der Waals surface area contributed by atoms with E-state index in [1.807, 2.05) is 0 Å². The molecule has 21 heavy (non-hydrogen) atoms. The molecule has 120 valence electrons. The fraction of sp³-hybridized carbons (Fsp3) is 0.684. The number of hydrogen-bond donors (Lipinski definition) is 1. The van der Waals surface area contributed by atoms with Crippen LogP contribution in [0.15, 0.2) is 24.3 Å². The first-order chi connectivity index (χ1) is 10.1. The van der Waals surface area contributed by atoms with Crippen molar-refractivity contribution in [2.24, 2.45) is 0 Å². The van der Waals surface area contributed by atoms with Gasteiger partial charge in [-0.1, -0.05) is 58.9 Å². The molecule has 0 aromatic heterocycles. The van der Waals surface area contributed by atoms with E-state index >= 15 is 0 Å². The van der Waals surface area contributed by atoms with Crippen molar-refractivity contribution >= 4 is 0 Å². The lowest BCUT2D eigenvalue weighted by Gasteiger charge is -2.46. The monoisotopic (exact) mass is 290 g/mol. The van der Waals surface area contributed by atoms with Crippen LogP contribution in [0.2, 0.25) is 0 Å². The van der Waals surface area contributed by atoms with Crippen LogP contribution in [-0.2, 0) is 6.42 Å². The van der Waals surface area contributed by atoms with E-state index < -0.39 is 0 Å². The summed E-state index contributed by atoms with van der Waals surface area (Å²) in [5.74, 6) is 0. The van der Waals surface area contributed by atoms with Gasteiger partial charge < -0.3 is 5.32 Å². The van der Waals surface area contributed by atoms with Gasteiger partial charge in [-0.05, 0) is 50.5 Å². The lowest BCUT2D eigenvalue weighted by molar-refractivity contribution is 0.0704. The fourth-order valence-corrected chi connectivity index (χ4v) is 3.40. The minimum Gasteiger partial charge on any atom is -0.309 e. The lowest BCUT2D eigenvalue weighted by atomic mass is 9.82. The van der Waals surface area contributed by atoms with Gasteiger partial charge in [-0.2, -0.15) is 0 Å². The summed E-state index contributed by atoms with van der Waals surface area (Å²) in [4.78, 5) is 2.59. The zero-order chi connectivity index (χ0) is 15.9. The largest absolute Gasteiger partial charge is 0.309 e. The molecule has 0 saturated carbocycles. The van der Waals surface area contributed by atoms with Crippen molar-refractivity contribution in [2.75, 3.05) is 19.6 Å². The van der Waals surface area contributed by atoms with E-state index in [1.165, 1.54) is 11.1 Å². The Labute approximate surface area is 131 Å². The smallest absolute Gasteiger partial charge is 0.0504 e. The van der Waals surface area contributed by atoms with Gasteiger partial charge in [0, 0.05) is 5.54 Å². The molecule has 0 spiro atoms. The quantitative estimate of drug-likeness (QED) is 0.724. The van der Waals surface area contributed by atoms with Gasteiger partial charge in [-0.25, -0.2) is 0 Å². The van der Waals surface area contributed by atoms with E-state index in [0.29, 0.717) is 6.04 Å². The average Bonchev–Trinajstić information content (AvgIpc) is 2.53. The first kappa shape index (κ1) is 18.2. The molecule has 0 fully saturated rings. The zero-order valence-electron chi connectivity index (χ0n) is 14.9. The maximum absolute atomic E-state index is 3.74. The Morgan fingerprint density at radius 2 is 1.57 bits per heavy atom. The number of nitrogens with one attached hydrogen (secondary N) is 1. The van der Waals surface area contributed by atoms with Crippen LogP contribution < -0.4 is 5.32 Å². The van der Waals surface area contributed by atoms with Gasteiger partial charge in [-0.15, -0.1) is 0 Å². The van der Waals surface area contributed by atoms with Gasteiger partial charge in [0.1, 0.15) is 0 Å². The van der Waals surface area contributed by atoms with Gasteiger partial charge in [0.05, 0.1) is 6.04 Å². The van der Waals surface area contributed by atoms with E-state index in [0.717, 1.165) is 32.5 Å². The SMILES string of the molecule is CCNC(c1ccc(CC)cc1)C(C)(CC)N(CC)CC. The molecule has 0 bridgehead atoms. The summed E-state index contributed by atoms with van der Waals surface area (Å²) in [6.07, 6.45) is 2.25. The summed E-state index contributed by atoms with van der Waals surface area (Å²) in [5, 5.41) is 3.74. The molecule has 1 N–H and O–H groups in total. The number of nitrogens with zero attached hydrogens (tertiary/aromatic N) is 1. The highest BCUT2D eigenvalue weighted by Crippen LogP contribution is 2.34. The first-order valence-corrected chi connectivity index (χ1v) is 8.64. The molecule has 0 amide bonds. The molecule has 0 aliphatic heterocycles. The van der Waals surface area contributed by atoms with Crippen molar-refractivity contribution in [1.82, 2.24) is 10.2 Å². The Kier molecular flexibility index (Phi) is 7.41. The summed E-state index contributed by atoms with van der Waals surface area (Å²) >= 11 is 0. The molecular formula is C19H34N2. The second-order valence-corrected chi connectivity index (χ2v) is 5.97. The number of hydrogen-bond acceptors (Lipinski definition) is 2. The van der Waals surface area contributed by atoms with Gasteiger partial charge in [0.15, 0.2) is 0 Å². The maximum atomic E-state index is 3.74. The van der Waals surface area contributed by atoms with Crippen molar-refractivity contribution in [3.8, 4) is 0 Å². The Hall–Kier alpha value is -0.860. The normalized spacial score (nSPS) is 16.0. The van der Waals surface area contributed by atoms with Gasteiger partial charge in [0.2, 0.25) is 0 Å². The molecule has 2 unspecified atom stereocenters. The predicted molar refractivity (Wildman–Crippen MR) is 93.9 cm³/mol. The van der Waals surface area contributed by atoms with Gasteiger partial charge in [0.25, 0.3) is 0 Å². The number of aryl methyl sites for hydroxylation is 1. The van der Waals surface area contributed by atoms with Crippen LogP contribution in [0.3, 0.4) is 0 Å². The third-order valence-corrected chi connectivity index (χ3v) is 4.95. The van der Waals surface area contributed by atoms with Crippen molar-refractivity contribution in [2.45, 2.75) is 66.0 Å². The van der Waals surface area contributed by atoms with Gasteiger partial charge >= 0.3 is 0 Å². The summed E-state index contributed by atoms with van der Waals surface area (Å²) in [7, 11) is 0. The minimum absolute atomic E-state index is 0.146. The highest BCUT2D eigenvalue weighted by molar-refractivity contribution is 5.27. The van der Waals surface area contributed by atoms with Crippen LogP contribution >= 0.6 is 0 Å². The van der Waals surface area contributed by atoms with Crippen LogP contribution in [0.1, 0.15) is 65.1 Å². The topological polar surface area (TPSA) is 15.3 Å². The Morgan fingerprint density at radius 3 is 1.95 bits per heavy atom. The molecule has 2 heteroatoms. The molecule has 2 atom stereocenters. The Balaban J connectivity index is 3.17. The standard InChI is InChI=1S/C19H34N2/c1-7-16-12-14-17(15-13-16)18(20-9-3)19(6,8-2)21(10-4)11-5/h12-15,18,20H,7-11H2,1-6H3. The van der Waals surface area contributed by atoms with E-state index in [2.05, 4.69) is 76.0 Å². The van der Waals surface area contributed by atoms with Crippen LogP contribution in [0.4, 0.5) is 0 Å². The molecule has 2 nitrogen and oxygen atoms in total. The summed E-state index contributed by atoms with van der Waals surface area (Å²) in [6, 6.07) is 9.54. The van der Waals surface area contributed by atoms with E-state index in [9.17, 15) is 0 Å². The minimum atomic E-state index is 0.146. The molecule has 0 aliphatic carbocycles. The number of likely N-dealkylation sites (N-methyl/N-ethyl adjacent to an activating group) is 2. The zero-order valence-corrected chi connectivity index (χ0v) is 14.9. The summed E-state index contributed by atoms with van der Waals surface area (Å²) in [6.45, 7) is 16.8. The molecule has 0 saturated heterocycles. The second kappa shape index (κ2) is 8.55. The average molecular weight is 290 g/mol. The van der Waals surface area contributed by atoms with Crippen molar-refractivity contribution in [3.05, 3.63) is 35.4 Å². The maximum Gasteiger partial charge on any atom is 0.0504 e. The van der Waals surface area contributed by atoms with Crippen LogP contribution in [0.25, 0.3) is 0 Å². The van der Waals surface area contributed by atoms with E-state index in [1.54, 1.807) is 0 Å². The Morgan fingerprint density at radius 1 is 1.00 bits per heavy atom. The third kappa shape index (κ3) is 4.08. The molecule has 1 rings (SSSR count). The predicted octanol–water partition coefficient (Wildman–Crippen LogP) is 4.41. The van der Waals surface area contributed by atoms with Crippen LogP contribution in [0.5, 0.6) is 0 Å². The second-order valence-electron chi connectivity index (χ2n) is 5.97. The van der Waals surface area contributed by atoms with Crippen molar-refractivity contribution in [3.63, 3.8) is 0 Å². The molecule has 0 radical (unpaired) electrons. The molecular weight excluding hydrogens is 256 g/mol. The van der Waals surface area contributed by atoms with Crippen LogP contribution in [-0.4, -0.2) is 30.1 Å². The van der Waals surface area contributed by atoms with Crippen molar-refractivity contribution in [1.29, 1.82) is 0 Å². The van der Waals surface area contributed by atoms with Crippen molar-refractivity contribution < 1.29 is 0 Å². The lowest BCUT2D eigenvalue weighted by Crippen LogP contribution is -2.54. The highest BCUT2D eigenvalue weighted by atomic mass is 15.2. The molecule has 1 aromatic carbocycles. The number of rotatable bonds is 9. The summed E-state index contributed by atoms with van der Waals surface area (Å²) in [5.41, 5.74) is 2.97. The fourth-order valence-electron chi connectivity index (χ4n) is 3.40. The Bertz CT molecular complexity index is 395. The van der Waals surface area contributed by atoms with E-state index in [4.69, 9.17) is 0 Å². The first-order valence-electron chi connectivity index (χ1n) is 8.64. The molecule has 0 aliphatic rings. The molecule has 1 aromatic rings. The summed E-state index contributed by atoms with van der Waals surface area (Å²) < 4.78 is 0. The third-order valence-electron chi connectivity index (χ3n) is 4.95. The highest BCUT2D eigenvalue weighted by Gasteiger charge is 2.37. The van der Waals surface area contributed by atoms with E-state index in [-0.39, 0.29) is 5.54 Å². The molecule has 0 heterocycles.